The smallest absolute Gasteiger partial charge is 0.305 e. The van der Waals surface area contributed by atoms with Crippen molar-refractivity contribution in [1.29, 1.82) is 0 Å². The number of hydrogen-bond acceptors (Lipinski definition) is 3. The summed E-state index contributed by atoms with van der Waals surface area (Å²) in [7, 11) is 0. The molecule has 0 aromatic rings. The van der Waals surface area contributed by atoms with Crippen molar-refractivity contribution in [3.63, 3.8) is 0 Å². The van der Waals surface area contributed by atoms with Gasteiger partial charge < -0.3 is 15.2 Å². The summed E-state index contributed by atoms with van der Waals surface area (Å²) >= 11 is 0. The Morgan fingerprint density at radius 1 is 1.50 bits per heavy atom. The number of carbonyl (C=O) groups is 2. The quantitative estimate of drug-likeness (QED) is 0.734. The highest BCUT2D eigenvalue weighted by molar-refractivity contribution is 5.80. The number of amides is 1. The highest BCUT2D eigenvalue weighted by Crippen LogP contribution is 2.38. The molecule has 0 aromatic heterocycles. The first-order valence-electron chi connectivity index (χ1n) is 5.74. The summed E-state index contributed by atoms with van der Waals surface area (Å²) in [6, 6.07) is -0.316. The van der Waals surface area contributed by atoms with Gasteiger partial charge in [0.1, 0.15) is 0 Å². The fourth-order valence-corrected chi connectivity index (χ4v) is 2.58. The summed E-state index contributed by atoms with van der Waals surface area (Å²) in [6.45, 7) is 1.71. The summed E-state index contributed by atoms with van der Waals surface area (Å²) in [4.78, 5) is 22.3. The van der Waals surface area contributed by atoms with Gasteiger partial charge >= 0.3 is 5.97 Å². The zero-order valence-electron chi connectivity index (χ0n) is 9.31. The molecule has 2 fully saturated rings. The largest absolute Gasteiger partial charge is 0.481 e. The molecule has 5 nitrogen and oxygen atoms in total. The summed E-state index contributed by atoms with van der Waals surface area (Å²) < 4.78 is 5.59. The van der Waals surface area contributed by atoms with Gasteiger partial charge in [0.25, 0.3) is 0 Å². The molecule has 2 aliphatic heterocycles. The van der Waals surface area contributed by atoms with E-state index in [4.69, 9.17) is 9.84 Å². The SMILES string of the molecule is CC(CC(=O)O)NC(=O)C1CC2CCC1O2. The zero-order valence-corrected chi connectivity index (χ0v) is 9.31. The second-order valence-electron chi connectivity index (χ2n) is 4.72. The lowest BCUT2D eigenvalue weighted by Gasteiger charge is -2.20. The predicted octanol–water partition coefficient (Wildman–Crippen LogP) is 0.533. The molecule has 0 radical (unpaired) electrons. The van der Waals surface area contributed by atoms with Gasteiger partial charge in [0.15, 0.2) is 0 Å². The van der Waals surface area contributed by atoms with Crippen LogP contribution in [0.1, 0.15) is 32.6 Å². The second-order valence-corrected chi connectivity index (χ2v) is 4.72. The third-order valence-electron chi connectivity index (χ3n) is 3.31. The molecule has 1 amide bonds. The lowest BCUT2D eigenvalue weighted by molar-refractivity contribution is -0.137. The molecule has 90 valence electrons. The van der Waals surface area contributed by atoms with Gasteiger partial charge in [0, 0.05) is 6.04 Å². The van der Waals surface area contributed by atoms with Gasteiger partial charge in [-0.3, -0.25) is 9.59 Å². The first-order valence-corrected chi connectivity index (χ1v) is 5.74. The fraction of sp³-hybridized carbons (Fsp3) is 0.818. The zero-order chi connectivity index (χ0) is 11.7. The van der Waals surface area contributed by atoms with Gasteiger partial charge in [0.2, 0.25) is 5.91 Å². The molecule has 2 bridgehead atoms. The lowest BCUT2D eigenvalue weighted by Crippen LogP contribution is -2.41. The van der Waals surface area contributed by atoms with E-state index in [0.717, 1.165) is 19.3 Å². The minimum atomic E-state index is -0.892. The Morgan fingerprint density at radius 3 is 2.75 bits per heavy atom. The van der Waals surface area contributed by atoms with E-state index < -0.39 is 5.97 Å². The van der Waals surface area contributed by atoms with E-state index in [-0.39, 0.29) is 36.5 Å². The van der Waals surface area contributed by atoms with Crippen molar-refractivity contribution in [3.8, 4) is 0 Å². The van der Waals surface area contributed by atoms with E-state index in [9.17, 15) is 9.59 Å². The van der Waals surface area contributed by atoms with Gasteiger partial charge in [-0.2, -0.15) is 0 Å². The number of aliphatic carboxylic acids is 1. The number of fused-ring (bicyclic) bond motifs is 2. The molecule has 2 rings (SSSR count). The summed E-state index contributed by atoms with van der Waals surface area (Å²) in [5, 5.41) is 11.3. The maximum Gasteiger partial charge on any atom is 0.305 e. The van der Waals surface area contributed by atoms with Crippen LogP contribution in [0.2, 0.25) is 0 Å². The normalized spacial score (nSPS) is 33.7. The van der Waals surface area contributed by atoms with Gasteiger partial charge in [-0.1, -0.05) is 0 Å². The predicted molar refractivity (Wildman–Crippen MR) is 55.9 cm³/mol. The van der Waals surface area contributed by atoms with Crippen LogP contribution >= 0.6 is 0 Å². The molecule has 2 N–H and O–H groups in total. The van der Waals surface area contributed by atoms with Gasteiger partial charge in [-0.25, -0.2) is 0 Å². The molecule has 16 heavy (non-hydrogen) atoms. The topological polar surface area (TPSA) is 75.6 Å². The summed E-state index contributed by atoms with van der Waals surface area (Å²) in [5.74, 6) is -1.02. The van der Waals surface area contributed by atoms with Crippen LogP contribution in [-0.2, 0) is 14.3 Å². The monoisotopic (exact) mass is 227 g/mol. The number of nitrogens with one attached hydrogen (secondary N) is 1. The third kappa shape index (κ3) is 2.35. The van der Waals surface area contributed by atoms with E-state index in [1.165, 1.54) is 0 Å². The fourth-order valence-electron chi connectivity index (χ4n) is 2.58. The first kappa shape index (κ1) is 11.4. The number of ether oxygens (including phenoxy) is 1. The molecule has 2 heterocycles. The average molecular weight is 227 g/mol. The molecule has 4 atom stereocenters. The molecule has 5 heteroatoms. The highest BCUT2D eigenvalue weighted by atomic mass is 16.5. The number of hydrogen-bond donors (Lipinski definition) is 2. The Balaban J connectivity index is 1.82. The molecule has 0 spiro atoms. The maximum atomic E-state index is 11.8. The van der Waals surface area contributed by atoms with Crippen molar-refractivity contribution in [2.24, 2.45) is 5.92 Å². The Morgan fingerprint density at radius 2 is 2.25 bits per heavy atom. The maximum absolute atomic E-state index is 11.8. The molecule has 0 saturated carbocycles. The standard InChI is InChI=1S/C11H17NO4/c1-6(4-10(13)14)12-11(15)8-5-7-2-3-9(8)16-7/h6-9H,2-5H2,1H3,(H,12,15)(H,13,14). The third-order valence-corrected chi connectivity index (χ3v) is 3.31. The second kappa shape index (κ2) is 4.41. The van der Waals surface area contributed by atoms with Crippen molar-refractivity contribution in [2.75, 3.05) is 0 Å². The van der Waals surface area contributed by atoms with E-state index in [2.05, 4.69) is 5.32 Å². The summed E-state index contributed by atoms with van der Waals surface area (Å²) in [6.07, 6.45) is 3.07. The van der Waals surface area contributed by atoms with Crippen LogP contribution < -0.4 is 5.32 Å². The van der Waals surface area contributed by atoms with Crippen LogP contribution in [-0.4, -0.2) is 35.2 Å². The molecular formula is C11H17NO4. The Kier molecular flexibility index (Phi) is 3.14. The van der Waals surface area contributed by atoms with Gasteiger partial charge in [0.05, 0.1) is 24.5 Å². The van der Waals surface area contributed by atoms with Gasteiger partial charge in [-0.15, -0.1) is 0 Å². The number of carboxylic acids is 1. The van der Waals surface area contributed by atoms with Crippen molar-refractivity contribution < 1.29 is 19.4 Å². The number of carboxylic acid groups (broad SMARTS) is 1. The Hall–Kier alpha value is -1.10. The van der Waals surface area contributed by atoms with Gasteiger partial charge in [-0.05, 0) is 26.2 Å². The van der Waals surface area contributed by atoms with Crippen molar-refractivity contribution in [2.45, 2.75) is 50.9 Å². The average Bonchev–Trinajstić information content (AvgIpc) is 2.76. The minimum absolute atomic E-state index is 0.0343. The molecular weight excluding hydrogens is 210 g/mol. The number of carbonyl (C=O) groups excluding carboxylic acids is 1. The lowest BCUT2D eigenvalue weighted by atomic mass is 9.88. The van der Waals surface area contributed by atoms with Crippen molar-refractivity contribution in [1.82, 2.24) is 5.32 Å². The van der Waals surface area contributed by atoms with Crippen LogP contribution in [0.25, 0.3) is 0 Å². The van der Waals surface area contributed by atoms with E-state index in [0.29, 0.717) is 0 Å². The van der Waals surface area contributed by atoms with Crippen LogP contribution in [0.4, 0.5) is 0 Å². The Labute approximate surface area is 94.2 Å². The van der Waals surface area contributed by atoms with Crippen molar-refractivity contribution >= 4 is 11.9 Å². The molecule has 0 aliphatic carbocycles. The molecule has 4 unspecified atom stereocenters. The van der Waals surface area contributed by atoms with Crippen LogP contribution in [0.15, 0.2) is 0 Å². The van der Waals surface area contributed by atoms with E-state index in [1.54, 1.807) is 6.92 Å². The molecule has 0 aromatic carbocycles. The number of rotatable bonds is 4. The molecule has 2 saturated heterocycles. The molecule has 2 aliphatic rings. The van der Waals surface area contributed by atoms with Crippen LogP contribution in [0.5, 0.6) is 0 Å². The van der Waals surface area contributed by atoms with E-state index >= 15 is 0 Å². The van der Waals surface area contributed by atoms with Crippen molar-refractivity contribution in [3.05, 3.63) is 0 Å². The minimum Gasteiger partial charge on any atom is -0.481 e. The highest BCUT2D eigenvalue weighted by Gasteiger charge is 2.44. The summed E-state index contributed by atoms with van der Waals surface area (Å²) in [5.41, 5.74) is 0. The first-order chi connectivity index (χ1) is 7.56. The van der Waals surface area contributed by atoms with E-state index in [1.807, 2.05) is 0 Å². The van der Waals surface area contributed by atoms with Crippen LogP contribution in [0, 0.1) is 5.92 Å². The Bertz CT molecular complexity index is 304. The van der Waals surface area contributed by atoms with Crippen LogP contribution in [0.3, 0.4) is 0 Å².